The third kappa shape index (κ3) is 4.21. The molecule has 2 aromatic carbocycles. The Balaban J connectivity index is 1.87. The summed E-state index contributed by atoms with van der Waals surface area (Å²) in [7, 11) is 4.63. The summed E-state index contributed by atoms with van der Waals surface area (Å²) in [5, 5.41) is 11.4. The van der Waals surface area contributed by atoms with Crippen molar-refractivity contribution in [2.75, 3.05) is 34.5 Å². The number of ether oxygens (including phenoxy) is 4. The van der Waals surface area contributed by atoms with Gasteiger partial charge >= 0.3 is 0 Å². The molecule has 0 bridgehead atoms. The van der Waals surface area contributed by atoms with Crippen molar-refractivity contribution in [3.63, 3.8) is 0 Å². The fourth-order valence-corrected chi connectivity index (χ4v) is 4.59. The first-order chi connectivity index (χ1) is 16.4. The Morgan fingerprint density at radius 3 is 2.62 bits per heavy atom. The summed E-state index contributed by atoms with van der Waals surface area (Å²) in [6.07, 6.45) is 1.27. The summed E-state index contributed by atoms with van der Waals surface area (Å²) in [4.78, 5) is 27.8. The molecule has 0 spiro atoms. The van der Waals surface area contributed by atoms with Crippen LogP contribution in [0.4, 0.5) is 0 Å². The van der Waals surface area contributed by atoms with Crippen LogP contribution in [0.2, 0.25) is 0 Å². The minimum atomic E-state index is -0.842. The van der Waals surface area contributed by atoms with Crippen molar-refractivity contribution in [3.8, 4) is 17.2 Å². The number of amides is 1. The zero-order valence-corrected chi connectivity index (χ0v) is 19.8. The molecule has 0 aromatic heterocycles. The summed E-state index contributed by atoms with van der Waals surface area (Å²) < 4.78 is 21.8. The Morgan fingerprint density at radius 1 is 1.12 bits per heavy atom. The number of likely N-dealkylation sites (tertiary alicyclic amines) is 1. The molecular weight excluding hydrogens is 438 g/mol. The average Bonchev–Trinajstić information content (AvgIpc) is 3.34. The molecule has 0 saturated carbocycles. The van der Waals surface area contributed by atoms with E-state index in [9.17, 15) is 14.7 Å². The Hall–Kier alpha value is -3.52. The number of benzene rings is 2. The zero-order chi connectivity index (χ0) is 24.4. The van der Waals surface area contributed by atoms with Gasteiger partial charge in [-0.25, -0.2) is 0 Å². The average molecular weight is 468 g/mol. The van der Waals surface area contributed by atoms with E-state index in [0.29, 0.717) is 42.1 Å². The molecular formula is C26H29NO7. The van der Waals surface area contributed by atoms with Crippen molar-refractivity contribution < 1.29 is 33.6 Å². The number of Topliss-reactive ketones (excluding diaryl/α,β-unsaturated/α-hetero) is 1. The second-order valence-electron chi connectivity index (χ2n) is 8.40. The number of ketones is 1. The van der Waals surface area contributed by atoms with Gasteiger partial charge < -0.3 is 29.0 Å². The van der Waals surface area contributed by atoms with Crippen LogP contribution in [0.25, 0.3) is 5.76 Å². The number of aliphatic hydroxyl groups excluding tert-OH is 1. The van der Waals surface area contributed by atoms with Crippen LogP contribution in [-0.2, 0) is 20.7 Å². The van der Waals surface area contributed by atoms with Crippen molar-refractivity contribution >= 4 is 17.4 Å². The van der Waals surface area contributed by atoms with E-state index in [1.807, 2.05) is 13.0 Å². The Kier molecular flexibility index (Phi) is 6.79. The molecule has 34 heavy (non-hydrogen) atoms. The molecule has 1 amide bonds. The monoisotopic (exact) mass is 467 g/mol. The van der Waals surface area contributed by atoms with Crippen molar-refractivity contribution in [2.45, 2.75) is 31.9 Å². The van der Waals surface area contributed by atoms with Gasteiger partial charge in [0.2, 0.25) is 0 Å². The molecule has 8 heteroatoms. The second kappa shape index (κ2) is 9.77. The molecule has 0 radical (unpaired) electrons. The fourth-order valence-electron chi connectivity index (χ4n) is 4.59. The fraction of sp³-hybridized carbons (Fsp3) is 0.385. The van der Waals surface area contributed by atoms with Gasteiger partial charge in [-0.3, -0.25) is 9.59 Å². The molecule has 2 heterocycles. The number of carbonyl (C=O) groups excluding carboxylic acids is 2. The van der Waals surface area contributed by atoms with Crippen LogP contribution in [0.3, 0.4) is 0 Å². The van der Waals surface area contributed by atoms with Crippen LogP contribution in [0, 0.1) is 0 Å². The first-order valence-corrected chi connectivity index (χ1v) is 11.2. The van der Waals surface area contributed by atoms with Gasteiger partial charge in [0.25, 0.3) is 11.7 Å². The van der Waals surface area contributed by atoms with Crippen molar-refractivity contribution in [1.29, 1.82) is 0 Å². The highest BCUT2D eigenvalue weighted by atomic mass is 16.5. The number of fused-ring (bicyclic) bond motifs is 1. The molecule has 2 aromatic rings. The van der Waals surface area contributed by atoms with Gasteiger partial charge in [0.05, 0.1) is 25.8 Å². The Bertz CT molecular complexity index is 1140. The first kappa shape index (κ1) is 23.6. The number of methoxy groups -OCH3 is 3. The summed E-state index contributed by atoms with van der Waals surface area (Å²) >= 11 is 0. The number of rotatable bonds is 8. The Labute approximate surface area is 198 Å². The molecule has 2 aliphatic rings. The quantitative estimate of drug-likeness (QED) is 0.275. The first-order valence-electron chi connectivity index (χ1n) is 11.2. The van der Waals surface area contributed by atoms with Gasteiger partial charge in [-0.15, -0.1) is 0 Å². The van der Waals surface area contributed by atoms with Gasteiger partial charge in [-0.05, 0) is 55.3 Å². The standard InChI is InChI=1S/C26H29NO7/c1-15-12-17-13-16(6-8-20(17)34-15)24(28)22-23(19-14-18(32-3)7-9-21(19)33-4)27(10-5-11-31-2)26(30)25(22)29/h6-9,13-15,23,28H,5,10-12H2,1-4H3. The molecule has 8 nitrogen and oxygen atoms in total. The number of hydrogen-bond donors (Lipinski definition) is 1. The number of nitrogens with zero attached hydrogens (tertiary/aromatic N) is 1. The highest BCUT2D eigenvalue weighted by molar-refractivity contribution is 6.46. The zero-order valence-electron chi connectivity index (χ0n) is 19.8. The molecule has 2 aliphatic heterocycles. The summed E-state index contributed by atoms with van der Waals surface area (Å²) in [6.45, 7) is 2.67. The highest BCUT2D eigenvalue weighted by Gasteiger charge is 2.47. The lowest BCUT2D eigenvalue weighted by molar-refractivity contribution is -0.140. The van der Waals surface area contributed by atoms with Gasteiger partial charge in [0, 0.05) is 37.8 Å². The van der Waals surface area contributed by atoms with E-state index < -0.39 is 17.7 Å². The molecule has 1 saturated heterocycles. The van der Waals surface area contributed by atoms with Gasteiger partial charge in [-0.1, -0.05) is 0 Å². The molecule has 2 atom stereocenters. The molecule has 1 N–H and O–H groups in total. The SMILES string of the molecule is COCCCN1C(=O)C(=O)C(=C(O)c2ccc3c(c2)CC(C)O3)C1c1cc(OC)ccc1OC. The third-order valence-corrected chi connectivity index (χ3v) is 6.19. The summed E-state index contributed by atoms with van der Waals surface area (Å²) in [5.74, 6) is 0.133. The van der Waals surface area contributed by atoms with Crippen molar-refractivity contribution in [3.05, 3.63) is 58.7 Å². The minimum Gasteiger partial charge on any atom is -0.507 e. The number of carbonyl (C=O) groups is 2. The van der Waals surface area contributed by atoms with Crippen molar-refractivity contribution in [1.82, 2.24) is 4.90 Å². The van der Waals surface area contributed by atoms with E-state index in [1.54, 1.807) is 37.4 Å². The predicted molar refractivity (Wildman–Crippen MR) is 125 cm³/mol. The smallest absolute Gasteiger partial charge is 0.295 e. The maximum Gasteiger partial charge on any atom is 0.295 e. The van der Waals surface area contributed by atoms with E-state index in [4.69, 9.17) is 18.9 Å². The normalized spacial score (nSPS) is 20.9. The van der Waals surface area contributed by atoms with Crippen LogP contribution in [0.5, 0.6) is 17.2 Å². The van der Waals surface area contributed by atoms with E-state index in [-0.39, 0.29) is 24.0 Å². The van der Waals surface area contributed by atoms with Crippen molar-refractivity contribution in [2.24, 2.45) is 0 Å². The van der Waals surface area contributed by atoms with Crippen LogP contribution in [0.1, 0.15) is 36.1 Å². The minimum absolute atomic E-state index is 0.0147. The van der Waals surface area contributed by atoms with E-state index in [0.717, 1.165) is 11.3 Å². The number of hydrogen-bond acceptors (Lipinski definition) is 7. The Morgan fingerprint density at radius 2 is 1.91 bits per heavy atom. The molecule has 180 valence electrons. The lowest BCUT2D eigenvalue weighted by atomic mass is 9.93. The van der Waals surface area contributed by atoms with Gasteiger partial charge in [0.1, 0.15) is 29.1 Å². The van der Waals surface area contributed by atoms with E-state index in [2.05, 4.69) is 0 Å². The summed E-state index contributed by atoms with van der Waals surface area (Å²) in [5.41, 5.74) is 1.97. The molecule has 2 unspecified atom stereocenters. The maximum absolute atomic E-state index is 13.2. The van der Waals surface area contributed by atoms with Gasteiger partial charge in [-0.2, -0.15) is 0 Å². The predicted octanol–water partition coefficient (Wildman–Crippen LogP) is 3.49. The second-order valence-corrected chi connectivity index (χ2v) is 8.40. The van der Waals surface area contributed by atoms with E-state index >= 15 is 0 Å². The lowest BCUT2D eigenvalue weighted by Crippen LogP contribution is -2.31. The van der Waals surface area contributed by atoms with Gasteiger partial charge in [0.15, 0.2) is 0 Å². The largest absolute Gasteiger partial charge is 0.507 e. The van der Waals surface area contributed by atoms with Crippen LogP contribution >= 0.6 is 0 Å². The maximum atomic E-state index is 13.2. The highest BCUT2D eigenvalue weighted by Crippen LogP contribution is 2.44. The van der Waals surface area contributed by atoms with E-state index in [1.165, 1.54) is 19.1 Å². The molecule has 4 rings (SSSR count). The lowest BCUT2D eigenvalue weighted by Gasteiger charge is -2.27. The third-order valence-electron chi connectivity index (χ3n) is 6.19. The topological polar surface area (TPSA) is 94.5 Å². The number of aliphatic hydroxyl groups is 1. The van der Waals surface area contributed by atoms with Crippen LogP contribution < -0.4 is 14.2 Å². The van der Waals surface area contributed by atoms with Crippen LogP contribution in [0.15, 0.2) is 42.0 Å². The summed E-state index contributed by atoms with van der Waals surface area (Å²) in [6, 6.07) is 9.63. The van der Waals surface area contributed by atoms with Crippen LogP contribution in [-0.4, -0.2) is 62.3 Å². The molecule has 1 fully saturated rings. The molecule has 0 aliphatic carbocycles.